The molecule has 0 N–H and O–H groups in total. The molecule has 0 saturated carbocycles. The summed E-state index contributed by atoms with van der Waals surface area (Å²) in [6.07, 6.45) is 0. The van der Waals surface area contributed by atoms with E-state index >= 15 is 0 Å². The molecule has 0 aliphatic rings. The van der Waals surface area contributed by atoms with E-state index in [9.17, 15) is 0 Å². The SMILES string of the molecule is COc1cccc(P)c1-c1c(P)cccc1OC. The second-order valence-corrected chi connectivity index (χ2v) is 5.09. The monoisotopic (exact) mass is 278 g/mol. The Morgan fingerprint density at radius 2 is 1.11 bits per heavy atom. The van der Waals surface area contributed by atoms with E-state index < -0.39 is 0 Å². The maximum atomic E-state index is 5.46. The van der Waals surface area contributed by atoms with Crippen LogP contribution in [0.5, 0.6) is 11.5 Å². The lowest BCUT2D eigenvalue weighted by atomic mass is 10.0. The van der Waals surface area contributed by atoms with Crippen molar-refractivity contribution in [2.75, 3.05) is 14.2 Å². The molecule has 2 rings (SSSR count). The quantitative estimate of drug-likeness (QED) is 0.803. The van der Waals surface area contributed by atoms with Crippen LogP contribution in [-0.4, -0.2) is 14.2 Å². The first-order valence-electron chi connectivity index (χ1n) is 5.54. The molecule has 0 fully saturated rings. The van der Waals surface area contributed by atoms with Crippen molar-refractivity contribution in [3.05, 3.63) is 36.4 Å². The molecule has 2 nitrogen and oxygen atoms in total. The second-order valence-electron chi connectivity index (χ2n) is 3.85. The molecule has 2 atom stereocenters. The summed E-state index contributed by atoms with van der Waals surface area (Å²) >= 11 is 0. The summed E-state index contributed by atoms with van der Waals surface area (Å²) in [5.74, 6) is 1.69. The first-order valence-corrected chi connectivity index (χ1v) is 6.69. The number of benzene rings is 2. The fraction of sp³-hybridized carbons (Fsp3) is 0.143. The van der Waals surface area contributed by atoms with Crippen molar-refractivity contribution in [3.8, 4) is 22.6 Å². The molecule has 0 aliphatic heterocycles. The highest BCUT2D eigenvalue weighted by Gasteiger charge is 2.15. The molecule has 2 aromatic rings. The Morgan fingerprint density at radius 3 is 1.44 bits per heavy atom. The van der Waals surface area contributed by atoms with Gasteiger partial charge in [-0.05, 0) is 22.7 Å². The first-order chi connectivity index (χ1) is 8.69. The van der Waals surface area contributed by atoms with Gasteiger partial charge >= 0.3 is 0 Å². The summed E-state index contributed by atoms with van der Waals surface area (Å²) in [6, 6.07) is 11.9. The van der Waals surface area contributed by atoms with Gasteiger partial charge in [-0.2, -0.15) is 0 Å². The Balaban J connectivity index is 2.76. The van der Waals surface area contributed by atoms with Gasteiger partial charge in [-0.25, -0.2) is 0 Å². The van der Waals surface area contributed by atoms with Crippen LogP contribution in [0.3, 0.4) is 0 Å². The third-order valence-corrected chi connectivity index (χ3v) is 3.77. The summed E-state index contributed by atoms with van der Waals surface area (Å²) in [7, 11) is 8.85. The molecule has 0 aromatic heterocycles. The van der Waals surface area contributed by atoms with Gasteiger partial charge in [0.15, 0.2) is 0 Å². The van der Waals surface area contributed by atoms with E-state index in [1.165, 1.54) is 0 Å². The Bertz CT molecular complexity index is 516. The molecule has 18 heavy (non-hydrogen) atoms. The number of ether oxygens (including phenoxy) is 2. The van der Waals surface area contributed by atoms with Gasteiger partial charge in [-0.1, -0.05) is 24.3 Å². The van der Waals surface area contributed by atoms with Gasteiger partial charge in [-0.3, -0.25) is 0 Å². The van der Waals surface area contributed by atoms with Crippen LogP contribution in [0.1, 0.15) is 0 Å². The van der Waals surface area contributed by atoms with Gasteiger partial charge in [0.1, 0.15) is 11.5 Å². The van der Waals surface area contributed by atoms with Gasteiger partial charge in [0.2, 0.25) is 0 Å². The lowest BCUT2D eigenvalue weighted by molar-refractivity contribution is 0.411. The minimum Gasteiger partial charge on any atom is -0.496 e. The molecule has 0 radical (unpaired) electrons. The third-order valence-electron chi connectivity index (χ3n) is 2.81. The van der Waals surface area contributed by atoms with Gasteiger partial charge in [0.25, 0.3) is 0 Å². The zero-order valence-electron chi connectivity index (χ0n) is 10.4. The zero-order chi connectivity index (χ0) is 13.1. The highest BCUT2D eigenvalue weighted by molar-refractivity contribution is 7.29. The van der Waals surface area contributed by atoms with Crippen molar-refractivity contribution in [2.24, 2.45) is 0 Å². The molecule has 0 spiro atoms. The van der Waals surface area contributed by atoms with E-state index in [1.54, 1.807) is 14.2 Å². The van der Waals surface area contributed by atoms with Crippen molar-refractivity contribution in [1.82, 2.24) is 0 Å². The van der Waals surface area contributed by atoms with E-state index in [1.807, 2.05) is 36.4 Å². The molecule has 0 aliphatic carbocycles. The van der Waals surface area contributed by atoms with Crippen LogP contribution in [0.2, 0.25) is 0 Å². The van der Waals surface area contributed by atoms with Crippen molar-refractivity contribution >= 4 is 29.1 Å². The largest absolute Gasteiger partial charge is 0.496 e. The van der Waals surface area contributed by atoms with Crippen LogP contribution < -0.4 is 20.1 Å². The average molecular weight is 278 g/mol. The Hall–Kier alpha value is -1.10. The number of methoxy groups -OCH3 is 2. The van der Waals surface area contributed by atoms with E-state index in [0.717, 1.165) is 33.2 Å². The summed E-state index contributed by atoms with van der Waals surface area (Å²) in [5, 5.41) is 2.17. The lowest BCUT2D eigenvalue weighted by Gasteiger charge is -2.16. The second kappa shape index (κ2) is 5.69. The predicted octanol–water partition coefficient (Wildman–Crippen LogP) is 2.37. The van der Waals surface area contributed by atoms with Gasteiger partial charge in [0, 0.05) is 11.1 Å². The normalized spacial score (nSPS) is 10.2. The molecule has 0 heterocycles. The standard InChI is InChI=1S/C14H16O2P2/c1-15-9-5-3-7-11(17)13(9)14-10(16-2)6-4-8-12(14)18/h3-8H,17-18H2,1-2H3. The highest BCUT2D eigenvalue weighted by Crippen LogP contribution is 2.35. The van der Waals surface area contributed by atoms with Crippen LogP contribution in [0.15, 0.2) is 36.4 Å². The summed E-state index contributed by atoms with van der Waals surface area (Å²) < 4.78 is 10.9. The molecule has 0 amide bonds. The van der Waals surface area contributed by atoms with E-state index in [0.29, 0.717) is 0 Å². The Labute approximate surface area is 112 Å². The fourth-order valence-electron chi connectivity index (χ4n) is 1.97. The van der Waals surface area contributed by atoms with Crippen molar-refractivity contribution in [1.29, 1.82) is 0 Å². The molecule has 0 bridgehead atoms. The Kier molecular flexibility index (Phi) is 4.22. The highest BCUT2D eigenvalue weighted by atomic mass is 31.0. The lowest BCUT2D eigenvalue weighted by Crippen LogP contribution is -2.07. The van der Waals surface area contributed by atoms with E-state index in [-0.39, 0.29) is 0 Å². The van der Waals surface area contributed by atoms with Crippen LogP contribution in [0, 0.1) is 0 Å². The smallest absolute Gasteiger partial charge is 0.127 e. The van der Waals surface area contributed by atoms with E-state index in [4.69, 9.17) is 9.47 Å². The Morgan fingerprint density at radius 1 is 0.722 bits per heavy atom. The number of hydrogen-bond donors (Lipinski definition) is 0. The van der Waals surface area contributed by atoms with Gasteiger partial charge in [-0.15, -0.1) is 18.5 Å². The van der Waals surface area contributed by atoms with Crippen LogP contribution >= 0.6 is 18.5 Å². The molecule has 94 valence electrons. The van der Waals surface area contributed by atoms with Crippen LogP contribution in [0.4, 0.5) is 0 Å². The minimum atomic E-state index is 0.843. The maximum absolute atomic E-state index is 5.46. The molecular formula is C14H16O2P2. The molecule has 2 aromatic carbocycles. The van der Waals surface area contributed by atoms with Crippen LogP contribution in [0.25, 0.3) is 11.1 Å². The first kappa shape index (κ1) is 13.3. The van der Waals surface area contributed by atoms with Crippen LogP contribution in [-0.2, 0) is 0 Å². The van der Waals surface area contributed by atoms with E-state index in [2.05, 4.69) is 18.5 Å². The maximum Gasteiger partial charge on any atom is 0.127 e. The summed E-state index contributed by atoms with van der Waals surface area (Å²) in [4.78, 5) is 0. The van der Waals surface area contributed by atoms with Gasteiger partial charge < -0.3 is 9.47 Å². The zero-order valence-corrected chi connectivity index (χ0v) is 12.7. The van der Waals surface area contributed by atoms with Crippen molar-refractivity contribution < 1.29 is 9.47 Å². The number of rotatable bonds is 3. The number of hydrogen-bond acceptors (Lipinski definition) is 2. The third kappa shape index (κ3) is 2.36. The average Bonchev–Trinajstić information content (AvgIpc) is 2.38. The molecule has 0 saturated heterocycles. The summed E-state index contributed by atoms with van der Waals surface area (Å²) in [5.41, 5.74) is 2.10. The van der Waals surface area contributed by atoms with Crippen molar-refractivity contribution in [2.45, 2.75) is 0 Å². The fourth-order valence-corrected chi connectivity index (χ4v) is 2.77. The molecule has 4 heteroatoms. The molecule has 2 unspecified atom stereocenters. The van der Waals surface area contributed by atoms with Crippen molar-refractivity contribution in [3.63, 3.8) is 0 Å². The topological polar surface area (TPSA) is 18.5 Å². The minimum absolute atomic E-state index is 0.843. The molecular weight excluding hydrogens is 262 g/mol. The predicted molar refractivity (Wildman–Crippen MR) is 83.7 cm³/mol. The van der Waals surface area contributed by atoms with Gasteiger partial charge in [0.05, 0.1) is 14.2 Å². The summed E-state index contributed by atoms with van der Waals surface area (Å²) in [6.45, 7) is 0.